The number of carbonyl (C=O) groups is 2. The minimum absolute atomic E-state index is 0.129. The van der Waals surface area contributed by atoms with Gasteiger partial charge >= 0.3 is 5.97 Å². The predicted octanol–water partition coefficient (Wildman–Crippen LogP) is 10.4. The zero-order valence-corrected chi connectivity index (χ0v) is 25.9. The molecule has 0 spiro atoms. The Morgan fingerprint density at radius 3 is 2.15 bits per heavy atom. The lowest BCUT2D eigenvalue weighted by Crippen LogP contribution is -2.22. The Morgan fingerprint density at radius 1 is 0.897 bits per heavy atom. The molecule has 216 valence electrons. The lowest BCUT2D eigenvalue weighted by Gasteiger charge is -2.29. The van der Waals surface area contributed by atoms with Gasteiger partial charge in [-0.2, -0.15) is 0 Å². The van der Waals surface area contributed by atoms with E-state index in [1.807, 2.05) is 0 Å². The van der Waals surface area contributed by atoms with Gasteiger partial charge in [-0.15, -0.1) is 11.3 Å². The first-order chi connectivity index (χ1) is 18.8. The fraction of sp³-hybridized carbons (Fsp3) is 0.657. The summed E-state index contributed by atoms with van der Waals surface area (Å²) in [5, 5.41) is 10.3. The van der Waals surface area contributed by atoms with Crippen LogP contribution in [0.5, 0.6) is 0 Å². The Labute approximate surface area is 241 Å². The van der Waals surface area contributed by atoms with Gasteiger partial charge in [-0.25, -0.2) is 4.79 Å². The zero-order chi connectivity index (χ0) is 28.3. The molecule has 2 aromatic rings. The quantitative estimate of drug-likeness (QED) is 0.187. The smallest absolute Gasteiger partial charge is 0.337 e. The third kappa shape index (κ3) is 9.59. The maximum Gasteiger partial charge on any atom is 0.337 e. The van der Waals surface area contributed by atoms with Gasteiger partial charge in [0.25, 0.3) is 0 Å². The molecule has 0 saturated heterocycles. The van der Waals surface area contributed by atoms with E-state index < -0.39 is 5.97 Å². The van der Waals surface area contributed by atoms with E-state index in [0.717, 1.165) is 66.5 Å². The number of carboxylic acids is 1. The summed E-state index contributed by atoms with van der Waals surface area (Å²) in [6, 6.07) is 6.35. The molecule has 1 heterocycles. The normalized spacial score (nSPS) is 14.4. The SMILES string of the molecule is CCCCCCCCCCCCCC(=O)Cc1ccc(CCC)c(-c2sc3c(c2C(=O)O)CC(C)(C)CC3)c1. The Bertz CT molecular complexity index is 1080. The van der Waals surface area contributed by atoms with Crippen LogP contribution in [-0.4, -0.2) is 16.9 Å². The van der Waals surface area contributed by atoms with Crippen LogP contribution in [0.2, 0.25) is 0 Å². The molecular formula is C35H52O3S. The second kappa shape index (κ2) is 15.7. The van der Waals surface area contributed by atoms with Gasteiger partial charge in [0.05, 0.1) is 5.56 Å². The van der Waals surface area contributed by atoms with Crippen LogP contribution >= 0.6 is 11.3 Å². The average molecular weight is 553 g/mol. The molecule has 0 aliphatic heterocycles. The summed E-state index contributed by atoms with van der Waals surface area (Å²) in [6.07, 6.45) is 20.0. The number of rotatable bonds is 18. The largest absolute Gasteiger partial charge is 0.478 e. The number of hydrogen-bond donors (Lipinski definition) is 1. The van der Waals surface area contributed by atoms with Gasteiger partial charge in [0.2, 0.25) is 0 Å². The van der Waals surface area contributed by atoms with Crippen molar-refractivity contribution in [3.05, 3.63) is 45.3 Å². The van der Waals surface area contributed by atoms with Crippen LogP contribution < -0.4 is 0 Å². The Morgan fingerprint density at radius 2 is 1.54 bits per heavy atom. The third-order valence-electron chi connectivity index (χ3n) is 8.39. The van der Waals surface area contributed by atoms with Crippen molar-refractivity contribution in [3.8, 4) is 10.4 Å². The Kier molecular flexibility index (Phi) is 12.8. The van der Waals surface area contributed by atoms with E-state index in [1.54, 1.807) is 11.3 Å². The number of aryl methyl sites for hydroxylation is 2. The number of carbonyl (C=O) groups excluding carboxylic acids is 1. The van der Waals surface area contributed by atoms with E-state index in [2.05, 4.69) is 45.9 Å². The summed E-state index contributed by atoms with van der Waals surface area (Å²) in [5.74, 6) is -0.522. The summed E-state index contributed by atoms with van der Waals surface area (Å²) in [4.78, 5) is 27.5. The lowest BCUT2D eigenvalue weighted by molar-refractivity contribution is -0.118. The third-order valence-corrected chi connectivity index (χ3v) is 9.71. The van der Waals surface area contributed by atoms with E-state index in [1.165, 1.54) is 68.2 Å². The van der Waals surface area contributed by atoms with Gasteiger partial charge in [-0.05, 0) is 65.8 Å². The number of benzene rings is 1. The van der Waals surface area contributed by atoms with Crippen LogP contribution in [0.4, 0.5) is 0 Å². The summed E-state index contributed by atoms with van der Waals surface area (Å²) in [5.41, 5.74) is 4.92. The molecule has 4 heteroatoms. The second-order valence-electron chi connectivity index (χ2n) is 12.6. The van der Waals surface area contributed by atoms with Crippen molar-refractivity contribution in [2.45, 2.75) is 143 Å². The molecular weight excluding hydrogens is 500 g/mol. The number of unbranched alkanes of at least 4 members (excludes halogenated alkanes) is 10. The van der Waals surface area contributed by atoms with E-state index >= 15 is 0 Å². The second-order valence-corrected chi connectivity index (χ2v) is 13.7. The van der Waals surface area contributed by atoms with Crippen LogP contribution in [0.25, 0.3) is 10.4 Å². The van der Waals surface area contributed by atoms with E-state index in [4.69, 9.17) is 0 Å². The van der Waals surface area contributed by atoms with Crippen molar-refractivity contribution in [1.29, 1.82) is 0 Å². The average Bonchev–Trinajstić information content (AvgIpc) is 3.26. The number of thiophene rings is 1. The van der Waals surface area contributed by atoms with Gasteiger partial charge in [-0.1, -0.05) is 110 Å². The topological polar surface area (TPSA) is 54.4 Å². The molecule has 0 amide bonds. The molecule has 1 aromatic heterocycles. The van der Waals surface area contributed by atoms with Crippen molar-refractivity contribution in [2.75, 3.05) is 0 Å². The first-order valence-corrected chi connectivity index (χ1v) is 16.6. The van der Waals surface area contributed by atoms with Crippen LogP contribution in [0.15, 0.2) is 18.2 Å². The summed E-state index contributed by atoms with van der Waals surface area (Å²) < 4.78 is 0. The highest BCUT2D eigenvalue weighted by Gasteiger charge is 2.33. The zero-order valence-electron chi connectivity index (χ0n) is 25.1. The fourth-order valence-electron chi connectivity index (χ4n) is 6.07. The number of Topliss-reactive ketones (excluding diaryl/α,β-unsaturated/α-hetero) is 1. The van der Waals surface area contributed by atoms with Crippen molar-refractivity contribution < 1.29 is 14.7 Å². The molecule has 0 unspecified atom stereocenters. The highest BCUT2D eigenvalue weighted by Crippen LogP contribution is 2.46. The Hall–Kier alpha value is -1.94. The van der Waals surface area contributed by atoms with Gasteiger partial charge in [0.15, 0.2) is 0 Å². The molecule has 1 aromatic carbocycles. The van der Waals surface area contributed by atoms with E-state index in [9.17, 15) is 14.7 Å². The molecule has 1 N–H and O–H groups in total. The molecule has 39 heavy (non-hydrogen) atoms. The number of hydrogen-bond acceptors (Lipinski definition) is 3. The summed E-state index contributed by atoms with van der Waals surface area (Å²) in [6.45, 7) is 8.90. The van der Waals surface area contributed by atoms with Crippen molar-refractivity contribution in [2.24, 2.45) is 5.41 Å². The number of fused-ring (bicyclic) bond motifs is 1. The van der Waals surface area contributed by atoms with Gasteiger partial charge in [0.1, 0.15) is 5.78 Å². The van der Waals surface area contributed by atoms with Gasteiger partial charge in [-0.3, -0.25) is 4.79 Å². The maximum atomic E-state index is 12.8. The summed E-state index contributed by atoms with van der Waals surface area (Å²) in [7, 11) is 0. The number of aromatic carboxylic acids is 1. The van der Waals surface area contributed by atoms with Crippen molar-refractivity contribution in [3.63, 3.8) is 0 Å². The number of ketones is 1. The van der Waals surface area contributed by atoms with Gasteiger partial charge < -0.3 is 5.11 Å². The molecule has 0 fully saturated rings. The van der Waals surface area contributed by atoms with Crippen LogP contribution in [-0.2, 0) is 30.5 Å². The first-order valence-electron chi connectivity index (χ1n) is 15.8. The number of carboxylic acid groups (broad SMARTS) is 1. The molecule has 1 aliphatic rings. The molecule has 3 rings (SSSR count). The Balaban J connectivity index is 1.59. The molecule has 3 nitrogen and oxygen atoms in total. The first kappa shape index (κ1) is 31.6. The van der Waals surface area contributed by atoms with Crippen LogP contribution in [0, 0.1) is 5.41 Å². The standard InChI is InChI=1S/C35H52O3S/c1-5-7-8-9-10-11-12-13-14-15-16-18-28(36)23-26-19-20-27(17-6-2)29(24-26)33-32(34(37)38)30-25-35(3,4)22-21-31(30)39-33/h19-20,24H,5-18,21-23,25H2,1-4H3,(H,37,38). The lowest BCUT2D eigenvalue weighted by atomic mass is 9.75. The molecule has 0 atom stereocenters. The van der Waals surface area contributed by atoms with Crippen molar-refractivity contribution >= 4 is 23.1 Å². The van der Waals surface area contributed by atoms with Crippen molar-refractivity contribution in [1.82, 2.24) is 0 Å². The summed E-state index contributed by atoms with van der Waals surface area (Å²) >= 11 is 1.68. The predicted molar refractivity (Wildman–Crippen MR) is 166 cm³/mol. The van der Waals surface area contributed by atoms with Crippen LogP contribution in [0.3, 0.4) is 0 Å². The van der Waals surface area contributed by atoms with E-state index in [0.29, 0.717) is 24.2 Å². The van der Waals surface area contributed by atoms with Crippen LogP contribution in [0.1, 0.15) is 150 Å². The molecule has 0 bridgehead atoms. The minimum Gasteiger partial charge on any atom is -0.478 e. The monoisotopic (exact) mass is 552 g/mol. The highest BCUT2D eigenvalue weighted by molar-refractivity contribution is 7.16. The fourth-order valence-corrected chi connectivity index (χ4v) is 7.43. The van der Waals surface area contributed by atoms with Gasteiger partial charge in [0, 0.05) is 22.6 Å². The highest BCUT2D eigenvalue weighted by atomic mass is 32.1. The molecule has 0 saturated carbocycles. The minimum atomic E-state index is -0.819. The van der Waals surface area contributed by atoms with E-state index in [-0.39, 0.29) is 5.41 Å². The maximum absolute atomic E-state index is 12.8. The molecule has 0 radical (unpaired) electrons. The molecule has 1 aliphatic carbocycles.